The van der Waals surface area contributed by atoms with Crippen molar-refractivity contribution < 1.29 is 23.8 Å². The fourth-order valence-corrected chi connectivity index (χ4v) is 3.23. The summed E-state index contributed by atoms with van der Waals surface area (Å²) in [7, 11) is 3.14. The lowest BCUT2D eigenvalue weighted by Gasteiger charge is -2.16. The topological polar surface area (TPSA) is 91.7 Å². The number of benzene rings is 2. The zero-order chi connectivity index (χ0) is 25.4. The van der Waals surface area contributed by atoms with Gasteiger partial charge in [-0.3, -0.25) is 4.79 Å². The molecule has 1 amide bonds. The highest BCUT2D eigenvalue weighted by Gasteiger charge is 2.15. The summed E-state index contributed by atoms with van der Waals surface area (Å²) in [4.78, 5) is 24.3. The summed E-state index contributed by atoms with van der Waals surface area (Å²) in [5.41, 5.74) is 2.98. The number of nitrogens with zero attached hydrogens (tertiary/aromatic N) is 2. The van der Waals surface area contributed by atoms with Crippen LogP contribution >= 0.6 is 0 Å². The van der Waals surface area contributed by atoms with E-state index in [1.54, 1.807) is 31.0 Å². The molecule has 1 atom stereocenters. The van der Waals surface area contributed by atoms with E-state index in [1.807, 2.05) is 69.4 Å². The van der Waals surface area contributed by atoms with Crippen LogP contribution in [-0.4, -0.2) is 48.5 Å². The molecule has 0 saturated carbocycles. The van der Waals surface area contributed by atoms with Crippen LogP contribution in [0.1, 0.15) is 26.3 Å². The van der Waals surface area contributed by atoms with Crippen molar-refractivity contribution in [2.24, 2.45) is 5.92 Å². The van der Waals surface area contributed by atoms with Crippen LogP contribution in [0.2, 0.25) is 0 Å². The number of hydrogen-bond acceptors (Lipinski definition) is 6. The summed E-state index contributed by atoms with van der Waals surface area (Å²) in [5, 5.41) is 7.54. The van der Waals surface area contributed by atoms with Crippen LogP contribution in [0.3, 0.4) is 0 Å². The van der Waals surface area contributed by atoms with E-state index < -0.39 is 5.97 Å². The predicted molar refractivity (Wildman–Crippen MR) is 135 cm³/mol. The van der Waals surface area contributed by atoms with Gasteiger partial charge in [-0.05, 0) is 49.2 Å². The Labute approximate surface area is 205 Å². The molecule has 3 rings (SSSR count). The first-order valence-electron chi connectivity index (χ1n) is 11.3. The first-order valence-corrected chi connectivity index (χ1v) is 11.3. The molecular weight excluding hydrogens is 446 g/mol. The number of esters is 1. The average molecular weight is 478 g/mol. The van der Waals surface area contributed by atoms with E-state index in [0.717, 1.165) is 11.3 Å². The normalized spacial score (nSPS) is 11.9. The predicted octanol–water partition coefficient (Wildman–Crippen LogP) is 4.27. The highest BCUT2D eigenvalue weighted by Crippen LogP contribution is 2.33. The van der Waals surface area contributed by atoms with E-state index in [1.165, 1.54) is 6.08 Å². The Hall–Kier alpha value is -4.07. The number of rotatable bonds is 10. The summed E-state index contributed by atoms with van der Waals surface area (Å²) >= 11 is 0. The molecule has 0 bridgehead atoms. The minimum atomic E-state index is -0.622. The van der Waals surface area contributed by atoms with Crippen molar-refractivity contribution in [3.8, 4) is 28.4 Å². The molecule has 1 aromatic heterocycles. The van der Waals surface area contributed by atoms with Crippen LogP contribution in [0.4, 0.5) is 0 Å². The molecule has 0 aliphatic carbocycles. The van der Waals surface area contributed by atoms with Gasteiger partial charge in [0.2, 0.25) is 0 Å². The molecule has 0 fully saturated rings. The lowest BCUT2D eigenvalue weighted by Crippen LogP contribution is -2.38. The summed E-state index contributed by atoms with van der Waals surface area (Å²) in [5.74, 6) is 0.490. The minimum Gasteiger partial charge on any atom is -0.493 e. The van der Waals surface area contributed by atoms with Crippen molar-refractivity contribution in [1.82, 2.24) is 15.1 Å². The zero-order valence-corrected chi connectivity index (χ0v) is 20.6. The fourth-order valence-electron chi connectivity index (χ4n) is 3.23. The van der Waals surface area contributed by atoms with Gasteiger partial charge in [0.1, 0.15) is 5.69 Å². The van der Waals surface area contributed by atoms with E-state index in [0.29, 0.717) is 22.8 Å². The van der Waals surface area contributed by atoms with Gasteiger partial charge in [0, 0.05) is 29.4 Å². The smallest absolute Gasteiger partial charge is 0.331 e. The Morgan fingerprint density at radius 3 is 2.40 bits per heavy atom. The molecule has 184 valence electrons. The molecule has 0 aliphatic rings. The number of carbonyl (C=O) groups is 2. The van der Waals surface area contributed by atoms with Crippen molar-refractivity contribution >= 4 is 18.0 Å². The molecule has 0 aliphatic heterocycles. The summed E-state index contributed by atoms with van der Waals surface area (Å²) < 4.78 is 17.6. The number of ether oxygens (including phenoxy) is 3. The van der Waals surface area contributed by atoms with Gasteiger partial charge in [0.05, 0.1) is 19.9 Å². The van der Waals surface area contributed by atoms with Gasteiger partial charge in [-0.1, -0.05) is 32.0 Å². The second-order valence-corrected chi connectivity index (χ2v) is 8.32. The van der Waals surface area contributed by atoms with E-state index >= 15 is 0 Å². The van der Waals surface area contributed by atoms with Crippen molar-refractivity contribution in [2.75, 3.05) is 20.8 Å². The Morgan fingerprint density at radius 1 is 1.03 bits per heavy atom. The summed E-state index contributed by atoms with van der Waals surface area (Å²) in [6.45, 7) is 5.58. The van der Waals surface area contributed by atoms with Gasteiger partial charge in [-0.15, -0.1) is 0 Å². The average Bonchev–Trinajstić information content (AvgIpc) is 3.30. The monoisotopic (exact) mass is 477 g/mol. The number of hydrogen-bond donors (Lipinski definition) is 1. The van der Waals surface area contributed by atoms with Crippen LogP contribution in [0.25, 0.3) is 23.0 Å². The van der Waals surface area contributed by atoms with Gasteiger partial charge in [0.25, 0.3) is 5.91 Å². The Morgan fingerprint density at radius 2 is 1.74 bits per heavy atom. The molecule has 0 saturated heterocycles. The Balaban J connectivity index is 1.84. The van der Waals surface area contributed by atoms with Crippen LogP contribution in [-0.2, 0) is 14.3 Å². The van der Waals surface area contributed by atoms with E-state index in [2.05, 4.69) is 5.32 Å². The third-order valence-electron chi connectivity index (χ3n) is 5.55. The molecule has 8 nitrogen and oxygen atoms in total. The van der Waals surface area contributed by atoms with Crippen molar-refractivity contribution in [1.29, 1.82) is 0 Å². The van der Waals surface area contributed by atoms with Crippen LogP contribution in [0.5, 0.6) is 11.5 Å². The molecule has 1 N–H and O–H groups in total. The maximum atomic E-state index is 12.3. The van der Waals surface area contributed by atoms with Gasteiger partial charge >= 0.3 is 5.97 Å². The van der Waals surface area contributed by atoms with Crippen LogP contribution in [0.15, 0.2) is 60.8 Å². The fraction of sp³-hybridized carbons (Fsp3) is 0.296. The molecule has 0 radical (unpaired) electrons. The summed E-state index contributed by atoms with van der Waals surface area (Å²) in [6.07, 6.45) is 4.73. The number of para-hydroxylation sites is 1. The first kappa shape index (κ1) is 25.6. The molecule has 0 spiro atoms. The second kappa shape index (κ2) is 11.9. The molecular formula is C27H31N3O5. The zero-order valence-electron chi connectivity index (χ0n) is 20.6. The molecule has 35 heavy (non-hydrogen) atoms. The van der Waals surface area contributed by atoms with Crippen LogP contribution in [0, 0.1) is 5.92 Å². The standard InChI is InChI=1S/C27H31N3O5/c1-18(2)19(3)28-25(31)17-35-26(32)14-12-21-16-30(22-9-7-6-8-10-22)29-27(21)20-11-13-23(33-4)24(15-20)34-5/h6-16,18-19H,17H2,1-5H3,(H,28,31)/b14-12+. The molecule has 2 aromatic carbocycles. The van der Waals surface area contributed by atoms with Crippen molar-refractivity contribution in [2.45, 2.75) is 26.8 Å². The Kier molecular flexibility index (Phi) is 8.67. The minimum absolute atomic E-state index is 0.00961. The number of nitrogens with one attached hydrogen (secondary N) is 1. The largest absolute Gasteiger partial charge is 0.493 e. The number of carbonyl (C=O) groups excluding carboxylic acids is 2. The number of methoxy groups -OCH3 is 2. The highest BCUT2D eigenvalue weighted by atomic mass is 16.5. The first-order chi connectivity index (χ1) is 16.8. The number of amides is 1. The lowest BCUT2D eigenvalue weighted by molar-refractivity contribution is -0.144. The maximum absolute atomic E-state index is 12.3. The van der Waals surface area contributed by atoms with Gasteiger partial charge in [-0.2, -0.15) is 5.10 Å². The quantitative estimate of drug-likeness (QED) is 0.346. The Bertz CT molecular complexity index is 1180. The second-order valence-electron chi connectivity index (χ2n) is 8.32. The van der Waals surface area contributed by atoms with E-state index in [9.17, 15) is 9.59 Å². The van der Waals surface area contributed by atoms with Gasteiger partial charge in [0.15, 0.2) is 18.1 Å². The van der Waals surface area contributed by atoms with Gasteiger partial charge in [-0.25, -0.2) is 9.48 Å². The van der Waals surface area contributed by atoms with E-state index in [4.69, 9.17) is 19.3 Å². The number of aromatic nitrogens is 2. The van der Waals surface area contributed by atoms with Crippen LogP contribution < -0.4 is 14.8 Å². The van der Waals surface area contributed by atoms with Gasteiger partial charge < -0.3 is 19.5 Å². The molecule has 1 unspecified atom stereocenters. The molecule has 3 aromatic rings. The highest BCUT2D eigenvalue weighted by molar-refractivity contribution is 5.90. The van der Waals surface area contributed by atoms with Crippen molar-refractivity contribution in [3.05, 3.63) is 66.4 Å². The molecule has 8 heteroatoms. The molecule has 1 heterocycles. The maximum Gasteiger partial charge on any atom is 0.331 e. The van der Waals surface area contributed by atoms with E-state index in [-0.39, 0.29) is 24.5 Å². The lowest BCUT2D eigenvalue weighted by atomic mass is 10.1. The SMILES string of the molecule is COc1ccc(-c2nn(-c3ccccc3)cc2/C=C/C(=O)OCC(=O)NC(C)C(C)C)cc1OC. The third-order valence-corrected chi connectivity index (χ3v) is 5.55. The van der Waals surface area contributed by atoms with Crippen molar-refractivity contribution in [3.63, 3.8) is 0 Å². The third kappa shape index (κ3) is 6.72. The summed E-state index contributed by atoms with van der Waals surface area (Å²) in [6, 6.07) is 15.1.